The Bertz CT molecular complexity index is 828. The molecular formula is C22H25N3O2. The summed E-state index contributed by atoms with van der Waals surface area (Å²) < 4.78 is 0. The number of para-hydroxylation sites is 1. The van der Waals surface area contributed by atoms with Crippen molar-refractivity contribution < 1.29 is 9.59 Å². The van der Waals surface area contributed by atoms with E-state index >= 15 is 0 Å². The van der Waals surface area contributed by atoms with Crippen molar-refractivity contribution in [1.29, 1.82) is 0 Å². The normalized spacial score (nSPS) is 21.7. The predicted molar refractivity (Wildman–Crippen MR) is 107 cm³/mol. The molecule has 1 heterocycles. The summed E-state index contributed by atoms with van der Waals surface area (Å²) >= 11 is 0. The van der Waals surface area contributed by atoms with Crippen LogP contribution in [-0.2, 0) is 4.79 Å². The standard InChI is InChI=1S/C22H25N3O2/c1-16-14-20(16)21(26)23-18-7-5-6-17(15-18)22(27)25-12-10-24(11-13-25)19-8-3-2-4-9-19/h2-9,15-16,20H,10-14H2,1H3,(H,23,26). The molecule has 27 heavy (non-hydrogen) atoms. The zero-order valence-corrected chi connectivity index (χ0v) is 15.6. The van der Waals surface area contributed by atoms with Crippen molar-refractivity contribution in [1.82, 2.24) is 4.90 Å². The summed E-state index contributed by atoms with van der Waals surface area (Å²) in [4.78, 5) is 29.2. The first-order valence-electron chi connectivity index (χ1n) is 9.62. The fourth-order valence-electron chi connectivity index (χ4n) is 3.64. The van der Waals surface area contributed by atoms with Crippen molar-refractivity contribution in [2.75, 3.05) is 36.4 Å². The van der Waals surface area contributed by atoms with E-state index in [1.807, 2.05) is 41.3 Å². The van der Waals surface area contributed by atoms with Crippen LogP contribution >= 0.6 is 0 Å². The quantitative estimate of drug-likeness (QED) is 0.907. The number of hydrogen-bond acceptors (Lipinski definition) is 3. The van der Waals surface area contributed by atoms with Crippen LogP contribution in [0, 0.1) is 11.8 Å². The van der Waals surface area contributed by atoms with Crippen molar-refractivity contribution in [3.05, 3.63) is 60.2 Å². The van der Waals surface area contributed by atoms with Gasteiger partial charge >= 0.3 is 0 Å². The van der Waals surface area contributed by atoms with Crippen molar-refractivity contribution in [2.45, 2.75) is 13.3 Å². The second-order valence-electron chi connectivity index (χ2n) is 7.50. The number of hydrogen-bond donors (Lipinski definition) is 1. The van der Waals surface area contributed by atoms with Crippen LogP contribution in [0.2, 0.25) is 0 Å². The highest BCUT2D eigenvalue weighted by Gasteiger charge is 2.39. The Labute approximate surface area is 160 Å². The topological polar surface area (TPSA) is 52.7 Å². The van der Waals surface area contributed by atoms with Gasteiger partial charge in [-0.05, 0) is 42.7 Å². The molecule has 0 spiro atoms. The molecule has 1 aliphatic carbocycles. The molecule has 1 saturated heterocycles. The van der Waals surface area contributed by atoms with E-state index in [0.29, 0.717) is 30.3 Å². The molecule has 0 bridgehead atoms. The second-order valence-corrected chi connectivity index (χ2v) is 7.50. The molecule has 2 aliphatic rings. The van der Waals surface area contributed by atoms with Crippen LogP contribution in [0.25, 0.3) is 0 Å². The lowest BCUT2D eigenvalue weighted by Gasteiger charge is -2.36. The largest absolute Gasteiger partial charge is 0.368 e. The smallest absolute Gasteiger partial charge is 0.254 e. The molecule has 2 atom stereocenters. The minimum Gasteiger partial charge on any atom is -0.368 e. The first-order valence-corrected chi connectivity index (χ1v) is 9.62. The first-order chi connectivity index (χ1) is 13.1. The van der Waals surface area contributed by atoms with Crippen LogP contribution in [0.3, 0.4) is 0 Å². The molecule has 5 heteroatoms. The summed E-state index contributed by atoms with van der Waals surface area (Å²) in [6, 6.07) is 17.6. The van der Waals surface area contributed by atoms with Gasteiger partial charge in [-0.15, -0.1) is 0 Å². The van der Waals surface area contributed by atoms with Gasteiger partial charge < -0.3 is 15.1 Å². The Morgan fingerprint density at radius 2 is 1.67 bits per heavy atom. The number of piperazine rings is 1. The first kappa shape index (κ1) is 17.6. The lowest BCUT2D eigenvalue weighted by molar-refractivity contribution is -0.117. The van der Waals surface area contributed by atoms with Crippen molar-refractivity contribution >= 4 is 23.2 Å². The minimum atomic E-state index is 0.0265. The zero-order valence-electron chi connectivity index (χ0n) is 15.6. The molecule has 2 fully saturated rings. The molecule has 0 radical (unpaired) electrons. The fourth-order valence-corrected chi connectivity index (χ4v) is 3.64. The molecule has 2 amide bonds. The summed E-state index contributed by atoms with van der Waals surface area (Å²) in [5.41, 5.74) is 2.53. The van der Waals surface area contributed by atoms with E-state index in [0.717, 1.165) is 19.5 Å². The highest BCUT2D eigenvalue weighted by atomic mass is 16.2. The second kappa shape index (κ2) is 7.43. The van der Waals surface area contributed by atoms with Gasteiger partial charge in [0, 0.05) is 49.0 Å². The lowest BCUT2D eigenvalue weighted by atomic mass is 10.1. The Balaban J connectivity index is 1.37. The predicted octanol–water partition coefficient (Wildman–Crippen LogP) is 3.24. The number of rotatable bonds is 4. The molecule has 0 aromatic heterocycles. The third-order valence-corrected chi connectivity index (χ3v) is 5.51. The van der Waals surface area contributed by atoms with Crippen molar-refractivity contribution in [3.63, 3.8) is 0 Å². The van der Waals surface area contributed by atoms with E-state index in [1.54, 1.807) is 6.07 Å². The molecule has 4 rings (SSSR count). The van der Waals surface area contributed by atoms with E-state index in [2.05, 4.69) is 29.3 Å². The van der Waals surface area contributed by atoms with Gasteiger partial charge in [-0.1, -0.05) is 31.2 Å². The highest BCUT2D eigenvalue weighted by Crippen LogP contribution is 2.38. The average Bonchev–Trinajstić information content (AvgIpc) is 3.45. The maximum absolute atomic E-state index is 12.9. The van der Waals surface area contributed by atoms with Gasteiger partial charge in [0.1, 0.15) is 0 Å². The Morgan fingerprint density at radius 1 is 0.963 bits per heavy atom. The van der Waals surface area contributed by atoms with Crippen molar-refractivity contribution in [3.8, 4) is 0 Å². The van der Waals surface area contributed by atoms with E-state index in [9.17, 15) is 9.59 Å². The van der Waals surface area contributed by atoms with Gasteiger partial charge in [-0.2, -0.15) is 0 Å². The molecule has 5 nitrogen and oxygen atoms in total. The fraction of sp³-hybridized carbons (Fsp3) is 0.364. The van der Waals surface area contributed by atoms with Crippen LogP contribution in [0.5, 0.6) is 0 Å². The van der Waals surface area contributed by atoms with Crippen LogP contribution < -0.4 is 10.2 Å². The summed E-state index contributed by atoms with van der Waals surface area (Å²) in [7, 11) is 0. The Kier molecular flexibility index (Phi) is 4.84. The lowest BCUT2D eigenvalue weighted by Crippen LogP contribution is -2.48. The molecule has 1 saturated carbocycles. The van der Waals surface area contributed by atoms with Gasteiger partial charge in [0.15, 0.2) is 0 Å². The van der Waals surface area contributed by atoms with Gasteiger partial charge in [0.25, 0.3) is 5.91 Å². The van der Waals surface area contributed by atoms with Crippen molar-refractivity contribution in [2.24, 2.45) is 11.8 Å². The highest BCUT2D eigenvalue weighted by molar-refractivity contribution is 5.98. The molecule has 140 valence electrons. The molecule has 2 unspecified atom stereocenters. The molecular weight excluding hydrogens is 338 g/mol. The van der Waals surface area contributed by atoms with Crippen LogP contribution in [0.4, 0.5) is 11.4 Å². The van der Waals surface area contributed by atoms with Gasteiger partial charge in [-0.25, -0.2) is 0 Å². The summed E-state index contributed by atoms with van der Waals surface area (Å²) in [6.45, 7) is 5.13. The average molecular weight is 363 g/mol. The van der Waals surface area contributed by atoms with E-state index < -0.39 is 0 Å². The number of carbonyl (C=O) groups is 2. The Morgan fingerprint density at radius 3 is 2.33 bits per heavy atom. The number of anilines is 2. The number of nitrogens with one attached hydrogen (secondary N) is 1. The summed E-state index contributed by atoms with van der Waals surface area (Å²) in [5, 5.41) is 2.94. The maximum Gasteiger partial charge on any atom is 0.254 e. The Hall–Kier alpha value is -2.82. The third kappa shape index (κ3) is 3.97. The number of carbonyl (C=O) groups excluding carboxylic acids is 2. The van der Waals surface area contributed by atoms with E-state index in [-0.39, 0.29) is 17.7 Å². The third-order valence-electron chi connectivity index (χ3n) is 5.51. The van der Waals surface area contributed by atoms with Gasteiger partial charge in [0.05, 0.1) is 0 Å². The maximum atomic E-state index is 12.9. The summed E-state index contributed by atoms with van der Waals surface area (Å²) in [6.07, 6.45) is 0.955. The SMILES string of the molecule is CC1CC1C(=O)Nc1cccc(C(=O)N2CCN(c3ccccc3)CC2)c1. The molecule has 2 aromatic carbocycles. The molecule has 1 aliphatic heterocycles. The zero-order chi connectivity index (χ0) is 18.8. The summed E-state index contributed by atoms with van der Waals surface area (Å²) in [5.74, 6) is 0.674. The number of amides is 2. The van der Waals surface area contributed by atoms with E-state index in [1.165, 1.54) is 5.69 Å². The monoisotopic (exact) mass is 363 g/mol. The molecule has 2 aromatic rings. The van der Waals surface area contributed by atoms with Crippen LogP contribution in [0.1, 0.15) is 23.7 Å². The van der Waals surface area contributed by atoms with Crippen LogP contribution in [0.15, 0.2) is 54.6 Å². The number of benzene rings is 2. The van der Waals surface area contributed by atoms with Crippen LogP contribution in [-0.4, -0.2) is 42.9 Å². The van der Waals surface area contributed by atoms with Gasteiger partial charge in [-0.3, -0.25) is 9.59 Å². The minimum absolute atomic E-state index is 0.0265. The molecule has 1 N–H and O–H groups in total. The number of nitrogens with zero attached hydrogens (tertiary/aromatic N) is 2. The van der Waals surface area contributed by atoms with Gasteiger partial charge in [0.2, 0.25) is 5.91 Å². The van der Waals surface area contributed by atoms with E-state index in [4.69, 9.17) is 0 Å².